The molecule has 0 radical (unpaired) electrons. The molecule has 1 aromatic carbocycles. The largest absolute Gasteiger partial charge is 0.355 e. The minimum absolute atomic E-state index is 0.0635. The Labute approximate surface area is 341 Å². The molecule has 0 bridgehead atoms. The van der Waals surface area contributed by atoms with Crippen LogP contribution in [0, 0.1) is 30.1 Å². The molecule has 1 fully saturated rings. The number of carbonyl (C=O) groups is 1. The number of benzene rings is 1. The number of nitriles is 1. The summed E-state index contributed by atoms with van der Waals surface area (Å²) < 4.78 is 57.0. The molecular weight excluding hydrogens is 808 g/mol. The number of piperidine rings is 1. The highest BCUT2D eigenvalue weighted by Crippen LogP contribution is 2.37. The van der Waals surface area contributed by atoms with Gasteiger partial charge in [0.15, 0.2) is 0 Å². The summed E-state index contributed by atoms with van der Waals surface area (Å²) in [5, 5.41) is 12.4. The standard InChI is InChI=1S/C40H34ClF2N9O4S2/c1-24-48-33-21-47-37(50(3)27-11-16-51(17-12-27)23-40(2,42)43)31(19-44)34(33)39(54)52(24)15-5-6-25-8-9-26(41)18-30(25)29-10-14-46-35-32(22-57-36(29)35)38(53)49-58(55,56)28-7-4-13-45-20-28/h4,7-10,13-14,18,20-22,27H,11-12,15-17,23H2,1-3H3,(H,49,53). The summed E-state index contributed by atoms with van der Waals surface area (Å²) in [5.74, 6) is 3.24. The maximum absolute atomic E-state index is 14.1. The van der Waals surface area contributed by atoms with E-state index in [1.54, 1.807) is 43.1 Å². The Balaban J connectivity index is 1.17. The van der Waals surface area contributed by atoms with Gasteiger partial charge in [-0.15, -0.1) is 11.3 Å². The number of rotatable bonds is 9. The molecule has 1 N–H and O–H groups in total. The Hall–Kier alpha value is -5.85. The summed E-state index contributed by atoms with van der Waals surface area (Å²) in [4.78, 5) is 48.0. The predicted molar refractivity (Wildman–Crippen MR) is 218 cm³/mol. The molecule has 18 heteroatoms. The van der Waals surface area contributed by atoms with Crippen molar-refractivity contribution in [1.29, 1.82) is 5.26 Å². The normalized spacial score (nSPS) is 13.9. The molecule has 6 aromatic rings. The van der Waals surface area contributed by atoms with Crippen molar-refractivity contribution in [2.45, 2.75) is 50.1 Å². The Morgan fingerprint density at radius 1 is 1.14 bits per heavy atom. The topological polar surface area (TPSA) is 167 Å². The molecule has 1 aliphatic heterocycles. The highest BCUT2D eigenvalue weighted by atomic mass is 35.5. The van der Waals surface area contributed by atoms with E-state index in [9.17, 15) is 32.0 Å². The molecular formula is C40H34ClF2N9O4S2. The Morgan fingerprint density at radius 2 is 1.91 bits per heavy atom. The average molecular weight is 842 g/mol. The van der Waals surface area contributed by atoms with E-state index in [1.807, 2.05) is 4.90 Å². The molecule has 0 spiro atoms. The summed E-state index contributed by atoms with van der Waals surface area (Å²) in [5.41, 5.74) is 2.03. The van der Waals surface area contributed by atoms with Crippen LogP contribution in [0.2, 0.25) is 5.02 Å². The van der Waals surface area contributed by atoms with Crippen LogP contribution in [-0.4, -0.2) is 82.4 Å². The Bertz CT molecular complexity index is 2860. The van der Waals surface area contributed by atoms with Crippen LogP contribution in [0.15, 0.2) is 76.3 Å². The summed E-state index contributed by atoms with van der Waals surface area (Å²) in [7, 11) is -2.41. The number of nitrogens with one attached hydrogen (secondary N) is 1. The van der Waals surface area contributed by atoms with Gasteiger partial charge in [-0.2, -0.15) is 5.26 Å². The zero-order valence-corrected chi connectivity index (χ0v) is 33.7. The van der Waals surface area contributed by atoms with Gasteiger partial charge in [0.1, 0.15) is 28.2 Å². The van der Waals surface area contributed by atoms with E-state index in [1.165, 1.54) is 52.0 Å². The summed E-state index contributed by atoms with van der Waals surface area (Å²) in [6, 6.07) is 11.7. The Kier molecular flexibility index (Phi) is 11.3. The van der Waals surface area contributed by atoms with Crippen LogP contribution in [0.1, 0.15) is 47.1 Å². The van der Waals surface area contributed by atoms with Crippen molar-refractivity contribution in [2.75, 3.05) is 31.6 Å². The number of hydrogen-bond acceptors (Lipinski definition) is 12. The first-order valence-corrected chi connectivity index (χ1v) is 20.6. The summed E-state index contributed by atoms with van der Waals surface area (Å²) in [6.07, 6.45) is 6.70. The van der Waals surface area contributed by atoms with Crippen LogP contribution in [0.3, 0.4) is 0 Å². The van der Waals surface area contributed by atoms with E-state index in [4.69, 9.17) is 11.6 Å². The number of nitrogens with zero attached hydrogens (tertiary/aromatic N) is 8. The van der Waals surface area contributed by atoms with Gasteiger partial charge in [-0.3, -0.25) is 29.0 Å². The number of alkyl halides is 2. The SMILES string of the molecule is Cc1nc2cnc(N(C)C3CCN(CC(C)(F)F)CC3)c(C#N)c2c(=O)n1CC#Cc1ccc(Cl)cc1-c1ccnc2c(C(=O)NS(=O)(=O)c3cccnc3)csc12. The van der Waals surface area contributed by atoms with Gasteiger partial charge in [0, 0.05) is 78.8 Å². The monoisotopic (exact) mass is 841 g/mol. The minimum Gasteiger partial charge on any atom is -0.355 e. The van der Waals surface area contributed by atoms with Crippen LogP contribution in [0.25, 0.3) is 32.2 Å². The van der Waals surface area contributed by atoms with E-state index < -0.39 is 27.4 Å². The highest BCUT2D eigenvalue weighted by molar-refractivity contribution is 7.90. The predicted octanol–water partition coefficient (Wildman–Crippen LogP) is 6.02. The average Bonchev–Trinajstić information content (AvgIpc) is 3.64. The van der Waals surface area contributed by atoms with Crippen molar-refractivity contribution < 1.29 is 22.0 Å². The van der Waals surface area contributed by atoms with Gasteiger partial charge in [-0.05, 0) is 56.2 Å². The molecule has 1 amide bonds. The van der Waals surface area contributed by atoms with Crippen molar-refractivity contribution in [3.05, 3.63) is 104 Å². The van der Waals surface area contributed by atoms with Crippen molar-refractivity contribution >= 4 is 65.8 Å². The van der Waals surface area contributed by atoms with E-state index in [0.717, 1.165) is 13.1 Å². The van der Waals surface area contributed by atoms with Crippen LogP contribution >= 0.6 is 22.9 Å². The number of fused-ring (bicyclic) bond motifs is 2. The van der Waals surface area contributed by atoms with Crippen molar-refractivity contribution in [3.63, 3.8) is 0 Å². The van der Waals surface area contributed by atoms with Crippen LogP contribution < -0.4 is 15.2 Å². The van der Waals surface area contributed by atoms with E-state index in [-0.39, 0.29) is 51.6 Å². The second-order valence-electron chi connectivity index (χ2n) is 13.9. The van der Waals surface area contributed by atoms with Gasteiger partial charge < -0.3 is 4.90 Å². The Morgan fingerprint density at radius 3 is 2.62 bits per heavy atom. The number of carbonyl (C=O) groups excluding carboxylic acids is 1. The number of halogens is 3. The van der Waals surface area contributed by atoms with Crippen molar-refractivity contribution in [2.24, 2.45) is 0 Å². The molecule has 13 nitrogen and oxygen atoms in total. The van der Waals surface area contributed by atoms with Crippen molar-refractivity contribution in [1.82, 2.24) is 34.1 Å². The first kappa shape index (κ1) is 40.4. The number of amides is 1. The number of pyridine rings is 3. The number of thiophene rings is 1. The maximum atomic E-state index is 14.1. The van der Waals surface area contributed by atoms with Gasteiger partial charge in [0.2, 0.25) is 0 Å². The third kappa shape index (κ3) is 8.25. The molecule has 296 valence electrons. The van der Waals surface area contributed by atoms with Crippen LogP contribution in [0.4, 0.5) is 14.6 Å². The lowest BCUT2D eigenvalue weighted by atomic mass is 10.00. The lowest BCUT2D eigenvalue weighted by Gasteiger charge is -2.38. The summed E-state index contributed by atoms with van der Waals surface area (Å²) >= 11 is 7.66. The molecule has 7 rings (SSSR count). The zero-order valence-electron chi connectivity index (χ0n) is 31.3. The molecule has 6 heterocycles. The van der Waals surface area contributed by atoms with E-state index in [2.05, 4.69) is 42.6 Å². The molecule has 0 atom stereocenters. The molecule has 5 aromatic heterocycles. The fraction of sp³-hybridized carbons (Fsp3) is 0.275. The number of sulfonamides is 1. The summed E-state index contributed by atoms with van der Waals surface area (Å²) in [6.45, 7) is 3.11. The fourth-order valence-electron chi connectivity index (χ4n) is 7.01. The fourth-order valence-corrected chi connectivity index (χ4v) is 9.14. The molecule has 0 aliphatic carbocycles. The number of anilines is 1. The zero-order chi connectivity index (χ0) is 41.4. The molecule has 1 saturated heterocycles. The quantitative estimate of drug-likeness (QED) is 0.169. The van der Waals surface area contributed by atoms with Crippen molar-refractivity contribution in [3.8, 4) is 29.0 Å². The van der Waals surface area contributed by atoms with Gasteiger partial charge in [0.25, 0.3) is 27.4 Å². The first-order valence-electron chi connectivity index (χ1n) is 17.9. The number of aryl methyl sites for hydroxylation is 1. The second kappa shape index (κ2) is 16.2. The van der Waals surface area contributed by atoms with Crippen LogP contribution in [0.5, 0.6) is 0 Å². The van der Waals surface area contributed by atoms with E-state index in [0.29, 0.717) is 64.0 Å². The molecule has 1 aliphatic rings. The van der Waals surface area contributed by atoms with Crippen LogP contribution in [-0.2, 0) is 16.6 Å². The number of aromatic nitrogens is 5. The maximum Gasteiger partial charge on any atom is 0.268 e. The van der Waals surface area contributed by atoms with Gasteiger partial charge >= 0.3 is 0 Å². The lowest BCUT2D eigenvalue weighted by Crippen LogP contribution is -2.46. The number of hydrogen-bond donors (Lipinski definition) is 1. The highest BCUT2D eigenvalue weighted by Gasteiger charge is 2.31. The minimum atomic E-state index is -4.19. The third-order valence-corrected chi connectivity index (χ3v) is 12.4. The van der Waals surface area contributed by atoms with Gasteiger partial charge in [-0.1, -0.05) is 23.4 Å². The van der Waals surface area contributed by atoms with Gasteiger partial charge in [-0.25, -0.2) is 31.9 Å². The molecule has 0 unspecified atom stereocenters. The molecule has 58 heavy (non-hydrogen) atoms. The molecule has 0 saturated carbocycles. The lowest BCUT2D eigenvalue weighted by molar-refractivity contribution is -0.0198. The first-order chi connectivity index (χ1) is 27.6. The smallest absolute Gasteiger partial charge is 0.268 e. The second-order valence-corrected chi connectivity index (χ2v) is 16.9. The van der Waals surface area contributed by atoms with Gasteiger partial charge in [0.05, 0.1) is 46.0 Å². The van der Waals surface area contributed by atoms with E-state index >= 15 is 0 Å². The third-order valence-electron chi connectivity index (χ3n) is 9.83. The number of likely N-dealkylation sites (tertiary alicyclic amines) is 1.